The van der Waals surface area contributed by atoms with Gasteiger partial charge in [-0.2, -0.15) is 0 Å². The summed E-state index contributed by atoms with van der Waals surface area (Å²) in [6.07, 6.45) is 14.1. The Morgan fingerprint density at radius 2 is 2.50 bits per heavy atom. The Kier molecular flexibility index (Phi) is 3.63. The molecule has 3 nitrogen and oxygen atoms in total. The first-order valence-electron chi connectivity index (χ1n) is 6.05. The van der Waals surface area contributed by atoms with Crippen LogP contribution >= 0.6 is 0 Å². The zero-order valence-electron chi connectivity index (χ0n) is 9.82. The second-order valence-electron chi connectivity index (χ2n) is 4.41. The molecule has 3 heteroatoms. The van der Waals surface area contributed by atoms with Gasteiger partial charge in [0.15, 0.2) is 0 Å². The summed E-state index contributed by atoms with van der Waals surface area (Å²) in [4.78, 5) is 4.20. The van der Waals surface area contributed by atoms with E-state index in [9.17, 15) is 0 Å². The highest BCUT2D eigenvalue weighted by Gasteiger charge is 2.25. The maximum Gasteiger partial charge on any atom is 0.0951 e. The van der Waals surface area contributed by atoms with Crippen molar-refractivity contribution in [3.05, 3.63) is 18.2 Å². The van der Waals surface area contributed by atoms with Gasteiger partial charge in [0.05, 0.1) is 18.1 Å². The maximum atomic E-state index is 5.47. The molecule has 1 atom stereocenters. The topological polar surface area (TPSA) is 29.9 Å². The minimum absolute atomic E-state index is 0.188. The third-order valence-electron chi connectivity index (χ3n) is 2.99. The number of nitrogens with one attached hydrogen (secondary N) is 1. The zero-order chi connectivity index (χ0) is 11.4. The van der Waals surface area contributed by atoms with Gasteiger partial charge < -0.3 is 4.57 Å². The summed E-state index contributed by atoms with van der Waals surface area (Å²) < 4.78 is 2.27. The first-order valence-corrected chi connectivity index (χ1v) is 6.05. The van der Waals surface area contributed by atoms with E-state index in [0.717, 1.165) is 19.4 Å². The van der Waals surface area contributed by atoms with Crippen molar-refractivity contribution in [1.29, 1.82) is 0 Å². The van der Waals surface area contributed by atoms with Gasteiger partial charge in [0.1, 0.15) is 0 Å². The van der Waals surface area contributed by atoms with E-state index < -0.39 is 0 Å². The molecule has 1 aliphatic rings. The lowest BCUT2D eigenvalue weighted by Crippen LogP contribution is -2.27. The average molecular weight is 217 g/mol. The normalized spacial score (nSPS) is 17.0. The third-order valence-corrected chi connectivity index (χ3v) is 2.99. The number of rotatable bonds is 6. The average Bonchev–Trinajstić information content (AvgIpc) is 3.04. The number of nitrogens with zero attached hydrogens (tertiary/aromatic N) is 2. The molecule has 1 aliphatic carbocycles. The fraction of sp³-hybridized carbons (Fsp3) is 0.615. The van der Waals surface area contributed by atoms with Crippen LogP contribution in [0.3, 0.4) is 0 Å². The summed E-state index contributed by atoms with van der Waals surface area (Å²) >= 11 is 0. The van der Waals surface area contributed by atoms with Gasteiger partial charge in [0, 0.05) is 18.8 Å². The summed E-state index contributed by atoms with van der Waals surface area (Å²) in [5, 5.41) is 3.40. The van der Waals surface area contributed by atoms with E-state index >= 15 is 0 Å². The molecule has 1 heterocycles. The van der Waals surface area contributed by atoms with Crippen LogP contribution in [0.4, 0.5) is 0 Å². The van der Waals surface area contributed by atoms with Crippen LogP contribution in [0.2, 0.25) is 0 Å². The smallest absolute Gasteiger partial charge is 0.0951 e. The van der Waals surface area contributed by atoms with Crippen LogP contribution in [0.25, 0.3) is 0 Å². The maximum absolute atomic E-state index is 5.47. The number of hydrogen-bond donors (Lipinski definition) is 1. The summed E-state index contributed by atoms with van der Waals surface area (Å²) in [6.45, 7) is 2.98. The first-order chi connectivity index (χ1) is 7.85. The molecule has 0 radical (unpaired) electrons. The minimum atomic E-state index is 0.188. The van der Waals surface area contributed by atoms with E-state index in [0.29, 0.717) is 6.04 Å². The Hall–Kier alpha value is -1.27. The molecule has 1 fully saturated rings. The fourth-order valence-electron chi connectivity index (χ4n) is 1.91. The lowest BCUT2D eigenvalue weighted by atomic mass is 10.2. The summed E-state index contributed by atoms with van der Waals surface area (Å²) in [6, 6.07) is 0.877. The van der Waals surface area contributed by atoms with E-state index in [2.05, 4.69) is 27.7 Å². The molecule has 86 valence electrons. The molecule has 1 saturated carbocycles. The first kappa shape index (κ1) is 11.2. The second-order valence-corrected chi connectivity index (χ2v) is 4.41. The zero-order valence-corrected chi connectivity index (χ0v) is 9.82. The van der Waals surface area contributed by atoms with Crippen molar-refractivity contribution in [2.75, 3.05) is 0 Å². The van der Waals surface area contributed by atoms with E-state index in [1.54, 1.807) is 0 Å². The predicted octanol–water partition coefficient (Wildman–Crippen LogP) is 2.11. The molecule has 2 rings (SSSR count). The molecule has 1 aromatic rings. The van der Waals surface area contributed by atoms with Gasteiger partial charge in [0.2, 0.25) is 0 Å². The van der Waals surface area contributed by atoms with Crippen molar-refractivity contribution in [1.82, 2.24) is 14.9 Å². The molecule has 0 spiro atoms. The van der Waals surface area contributed by atoms with Crippen LogP contribution in [0.15, 0.2) is 12.5 Å². The SMILES string of the molecule is C#CC(CCC)NCc1cncn1C1CC1. The summed E-state index contributed by atoms with van der Waals surface area (Å²) in [5.41, 5.74) is 1.25. The monoisotopic (exact) mass is 217 g/mol. The third kappa shape index (κ3) is 2.65. The van der Waals surface area contributed by atoms with Crippen molar-refractivity contribution in [3.63, 3.8) is 0 Å². The standard InChI is InChI=1S/C13H19N3/c1-3-5-11(4-2)15-9-13-8-14-10-16(13)12-6-7-12/h2,8,10-12,15H,3,5-7,9H2,1H3. The molecule has 0 amide bonds. The Morgan fingerprint density at radius 1 is 1.69 bits per heavy atom. The molecular weight excluding hydrogens is 198 g/mol. The Bertz CT molecular complexity index is 371. The second kappa shape index (κ2) is 5.18. The van der Waals surface area contributed by atoms with Crippen LogP contribution in [0, 0.1) is 12.3 Å². The number of imidazole rings is 1. The van der Waals surface area contributed by atoms with E-state index in [1.807, 2.05) is 12.5 Å². The van der Waals surface area contributed by atoms with E-state index in [1.165, 1.54) is 18.5 Å². The van der Waals surface area contributed by atoms with Gasteiger partial charge in [-0.05, 0) is 19.3 Å². The quantitative estimate of drug-likeness (QED) is 0.740. The number of hydrogen-bond acceptors (Lipinski definition) is 2. The molecular formula is C13H19N3. The summed E-state index contributed by atoms with van der Waals surface area (Å²) in [7, 11) is 0. The van der Waals surface area contributed by atoms with Crippen molar-refractivity contribution in [2.24, 2.45) is 0 Å². The van der Waals surface area contributed by atoms with Crippen molar-refractivity contribution in [2.45, 2.75) is 51.2 Å². The van der Waals surface area contributed by atoms with Gasteiger partial charge in [-0.3, -0.25) is 5.32 Å². The van der Waals surface area contributed by atoms with Gasteiger partial charge in [0.25, 0.3) is 0 Å². The van der Waals surface area contributed by atoms with Crippen LogP contribution in [0.1, 0.15) is 44.3 Å². The van der Waals surface area contributed by atoms with Crippen LogP contribution < -0.4 is 5.32 Å². The highest BCUT2D eigenvalue weighted by atomic mass is 15.1. The molecule has 0 aliphatic heterocycles. The fourth-order valence-corrected chi connectivity index (χ4v) is 1.91. The molecule has 0 bridgehead atoms. The lowest BCUT2D eigenvalue weighted by molar-refractivity contribution is 0.541. The van der Waals surface area contributed by atoms with E-state index in [-0.39, 0.29) is 6.04 Å². The molecule has 1 unspecified atom stereocenters. The number of terminal acetylenes is 1. The molecule has 16 heavy (non-hydrogen) atoms. The van der Waals surface area contributed by atoms with Gasteiger partial charge in [-0.15, -0.1) is 6.42 Å². The lowest BCUT2D eigenvalue weighted by Gasteiger charge is -2.13. The van der Waals surface area contributed by atoms with Crippen molar-refractivity contribution < 1.29 is 0 Å². The predicted molar refractivity (Wildman–Crippen MR) is 64.9 cm³/mol. The van der Waals surface area contributed by atoms with E-state index in [4.69, 9.17) is 6.42 Å². The molecule has 1 N–H and O–H groups in total. The van der Waals surface area contributed by atoms with Crippen LogP contribution in [-0.2, 0) is 6.54 Å². The van der Waals surface area contributed by atoms with Crippen molar-refractivity contribution in [3.8, 4) is 12.3 Å². The van der Waals surface area contributed by atoms with Gasteiger partial charge >= 0.3 is 0 Å². The molecule has 1 aromatic heterocycles. The Balaban J connectivity index is 1.88. The Labute approximate surface area is 97.3 Å². The molecule has 0 saturated heterocycles. The Morgan fingerprint density at radius 3 is 3.12 bits per heavy atom. The van der Waals surface area contributed by atoms with Gasteiger partial charge in [-0.25, -0.2) is 4.98 Å². The summed E-state index contributed by atoms with van der Waals surface area (Å²) in [5.74, 6) is 2.79. The van der Waals surface area contributed by atoms with Crippen molar-refractivity contribution >= 4 is 0 Å². The number of aromatic nitrogens is 2. The van der Waals surface area contributed by atoms with Crippen LogP contribution in [-0.4, -0.2) is 15.6 Å². The highest BCUT2D eigenvalue weighted by molar-refractivity contribution is 5.05. The largest absolute Gasteiger partial charge is 0.330 e. The van der Waals surface area contributed by atoms with Gasteiger partial charge in [-0.1, -0.05) is 19.3 Å². The molecule has 0 aromatic carbocycles. The minimum Gasteiger partial charge on any atom is -0.330 e. The van der Waals surface area contributed by atoms with Crippen LogP contribution in [0.5, 0.6) is 0 Å². The highest BCUT2D eigenvalue weighted by Crippen LogP contribution is 2.35.